The van der Waals surface area contributed by atoms with Crippen LogP contribution in [-0.4, -0.2) is 0 Å². The molecule has 0 radical (unpaired) electrons. The average Bonchev–Trinajstić information content (AvgIpc) is 2.23. The second kappa shape index (κ2) is 4.14. The molecule has 0 aliphatic heterocycles. The van der Waals surface area contributed by atoms with E-state index in [-0.39, 0.29) is 0 Å². The van der Waals surface area contributed by atoms with Crippen LogP contribution in [0.3, 0.4) is 0 Å². The normalized spacial score (nSPS) is 15.8. The molecule has 0 N–H and O–H groups in total. The molecule has 2 rings (SSSR count). The molecule has 0 atom stereocenters. The average molecular weight is 186 g/mol. The fraction of sp³-hybridized carbons (Fsp3) is 0.231. The number of rotatable bonds is 2. The third kappa shape index (κ3) is 2.05. The van der Waals surface area contributed by atoms with Crippen LogP contribution >= 0.6 is 0 Å². The predicted octanol–water partition coefficient (Wildman–Crippen LogP) is 3.69. The molecule has 1 aromatic carbocycles. The van der Waals surface area contributed by atoms with Gasteiger partial charge in [-0.2, -0.15) is 0 Å². The van der Waals surface area contributed by atoms with Gasteiger partial charge in [0.15, 0.2) is 0 Å². The first kappa shape index (κ1) is 9.07. The van der Waals surface area contributed by atoms with Gasteiger partial charge in [-0.05, 0) is 43.5 Å². The predicted molar refractivity (Wildman–Crippen MR) is 58.1 cm³/mol. The van der Waals surface area contributed by atoms with Gasteiger partial charge in [0.1, 0.15) is 11.5 Å². The van der Waals surface area contributed by atoms with E-state index in [4.69, 9.17) is 4.74 Å². The van der Waals surface area contributed by atoms with E-state index in [2.05, 4.69) is 19.1 Å². The van der Waals surface area contributed by atoms with Crippen molar-refractivity contribution in [3.8, 4) is 5.75 Å². The molecule has 14 heavy (non-hydrogen) atoms. The molecule has 0 spiro atoms. The largest absolute Gasteiger partial charge is 0.457 e. The minimum absolute atomic E-state index is 0.911. The van der Waals surface area contributed by atoms with Gasteiger partial charge in [-0.3, -0.25) is 0 Å². The number of hydrogen-bond acceptors (Lipinski definition) is 1. The van der Waals surface area contributed by atoms with Crippen molar-refractivity contribution in [3.63, 3.8) is 0 Å². The van der Waals surface area contributed by atoms with E-state index in [0.717, 1.165) is 24.4 Å². The highest BCUT2D eigenvalue weighted by Gasteiger charge is 2.05. The minimum Gasteiger partial charge on any atom is -0.457 e. The van der Waals surface area contributed by atoms with Crippen LogP contribution in [0, 0.1) is 0 Å². The van der Waals surface area contributed by atoms with Crippen LogP contribution in [0.25, 0.3) is 0 Å². The van der Waals surface area contributed by atoms with E-state index < -0.39 is 0 Å². The highest BCUT2D eigenvalue weighted by atomic mass is 16.5. The lowest BCUT2D eigenvalue weighted by molar-refractivity contribution is 0.430. The third-order valence-electron chi connectivity index (χ3n) is 2.31. The van der Waals surface area contributed by atoms with Crippen molar-refractivity contribution in [2.75, 3.05) is 0 Å². The van der Waals surface area contributed by atoms with Gasteiger partial charge in [-0.1, -0.05) is 24.3 Å². The smallest absolute Gasteiger partial charge is 0.127 e. The summed E-state index contributed by atoms with van der Waals surface area (Å²) in [5, 5.41) is 0. The Morgan fingerprint density at radius 2 is 1.71 bits per heavy atom. The second-order valence-corrected chi connectivity index (χ2v) is 3.45. The highest BCUT2D eigenvalue weighted by molar-refractivity contribution is 5.32. The first-order valence-electron chi connectivity index (χ1n) is 4.96. The number of para-hydroxylation sites is 1. The molecule has 1 aliphatic rings. The van der Waals surface area contributed by atoms with Gasteiger partial charge in [0, 0.05) is 0 Å². The quantitative estimate of drug-likeness (QED) is 0.684. The molecular formula is C13H14O. The maximum absolute atomic E-state index is 5.76. The molecule has 0 fully saturated rings. The Morgan fingerprint density at radius 1 is 1.00 bits per heavy atom. The maximum Gasteiger partial charge on any atom is 0.127 e. The highest BCUT2D eigenvalue weighted by Crippen LogP contribution is 2.22. The lowest BCUT2D eigenvalue weighted by Gasteiger charge is -2.13. The molecule has 1 nitrogen and oxygen atoms in total. The van der Waals surface area contributed by atoms with E-state index in [9.17, 15) is 0 Å². The molecule has 1 aromatic rings. The molecule has 0 amide bonds. The summed E-state index contributed by atoms with van der Waals surface area (Å²) in [6.45, 7) is 2.09. The Bertz CT molecular complexity index is 360. The van der Waals surface area contributed by atoms with E-state index >= 15 is 0 Å². The minimum atomic E-state index is 0.911. The van der Waals surface area contributed by atoms with Crippen molar-refractivity contribution in [3.05, 3.63) is 53.8 Å². The van der Waals surface area contributed by atoms with Crippen LogP contribution in [0.4, 0.5) is 0 Å². The lowest BCUT2D eigenvalue weighted by atomic mass is 10.1. The summed E-state index contributed by atoms with van der Waals surface area (Å²) in [5.74, 6) is 1.91. The van der Waals surface area contributed by atoms with Gasteiger partial charge >= 0.3 is 0 Å². The van der Waals surface area contributed by atoms with Crippen LogP contribution < -0.4 is 4.74 Å². The lowest BCUT2D eigenvalue weighted by Crippen LogP contribution is -2.00. The fourth-order valence-corrected chi connectivity index (χ4v) is 1.51. The number of ether oxygens (including phenoxy) is 1. The molecule has 1 heteroatoms. The molecule has 0 unspecified atom stereocenters. The zero-order valence-electron chi connectivity index (χ0n) is 8.36. The van der Waals surface area contributed by atoms with Crippen LogP contribution in [0.1, 0.15) is 19.8 Å². The van der Waals surface area contributed by atoms with Crippen molar-refractivity contribution >= 4 is 0 Å². The Kier molecular flexibility index (Phi) is 2.68. The summed E-state index contributed by atoms with van der Waals surface area (Å²) in [6, 6.07) is 9.91. The fourth-order valence-electron chi connectivity index (χ4n) is 1.51. The second-order valence-electron chi connectivity index (χ2n) is 3.45. The van der Waals surface area contributed by atoms with Gasteiger partial charge in [0.25, 0.3) is 0 Å². The summed E-state index contributed by atoms with van der Waals surface area (Å²) in [5.41, 5.74) is 1.24. The van der Waals surface area contributed by atoms with Gasteiger partial charge < -0.3 is 4.74 Å². The number of benzene rings is 1. The molecule has 0 aromatic heterocycles. The van der Waals surface area contributed by atoms with E-state index in [1.54, 1.807) is 0 Å². The zero-order valence-corrected chi connectivity index (χ0v) is 8.36. The first-order valence-corrected chi connectivity index (χ1v) is 4.96. The van der Waals surface area contributed by atoms with Gasteiger partial charge in [-0.15, -0.1) is 0 Å². The maximum atomic E-state index is 5.76. The molecule has 72 valence electrons. The molecular weight excluding hydrogens is 172 g/mol. The SMILES string of the molecule is CC1=CCCC=C1Oc1ccccc1. The van der Waals surface area contributed by atoms with Crippen LogP contribution in [0.15, 0.2) is 53.8 Å². The van der Waals surface area contributed by atoms with Crippen molar-refractivity contribution < 1.29 is 4.74 Å². The summed E-state index contributed by atoms with van der Waals surface area (Å²) in [6.07, 6.45) is 6.59. The molecule has 0 bridgehead atoms. The molecule has 0 saturated carbocycles. The van der Waals surface area contributed by atoms with Crippen LogP contribution in [-0.2, 0) is 0 Å². The van der Waals surface area contributed by atoms with Crippen molar-refractivity contribution in [1.29, 1.82) is 0 Å². The Labute approximate surface area is 84.7 Å². The van der Waals surface area contributed by atoms with Gasteiger partial charge in [-0.25, -0.2) is 0 Å². The first-order chi connectivity index (χ1) is 6.86. The van der Waals surface area contributed by atoms with Crippen molar-refractivity contribution in [1.82, 2.24) is 0 Å². The number of allylic oxidation sites excluding steroid dienone is 3. The van der Waals surface area contributed by atoms with E-state index in [1.165, 1.54) is 5.57 Å². The Hall–Kier alpha value is -1.50. The number of hydrogen-bond donors (Lipinski definition) is 0. The summed E-state index contributed by atoms with van der Waals surface area (Å²) in [7, 11) is 0. The molecule has 1 aliphatic carbocycles. The molecule has 0 saturated heterocycles. The van der Waals surface area contributed by atoms with Gasteiger partial charge in [0.05, 0.1) is 0 Å². The van der Waals surface area contributed by atoms with Gasteiger partial charge in [0.2, 0.25) is 0 Å². The Morgan fingerprint density at radius 3 is 2.43 bits per heavy atom. The standard InChI is InChI=1S/C13H14O/c1-11-7-5-6-10-13(11)14-12-8-3-2-4-9-12/h2-4,7-10H,5-6H2,1H3. The third-order valence-corrected chi connectivity index (χ3v) is 2.31. The summed E-state index contributed by atoms with van der Waals surface area (Å²) >= 11 is 0. The zero-order chi connectivity index (χ0) is 9.80. The van der Waals surface area contributed by atoms with E-state index in [0.29, 0.717) is 0 Å². The van der Waals surface area contributed by atoms with Crippen LogP contribution in [0.5, 0.6) is 5.75 Å². The van der Waals surface area contributed by atoms with Crippen LogP contribution in [0.2, 0.25) is 0 Å². The topological polar surface area (TPSA) is 9.23 Å². The van der Waals surface area contributed by atoms with E-state index in [1.807, 2.05) is 30.3 Å². The van der Waals surface area contributed by atoms with Crippen molar-refractivity contribution in [2.24, 2.45) is 0 Å². The Balaban J connectivity index is 2.12. The van der Waals surface area contributed by atoms with Crippen molar-refractivity contribution in [2.45, 2.75) is 19.8 Å². The summed E-state index contributed by atoms with van der Waals surface area (Å²) < 4.78 is 5.76. The summed E-state index contributed by atoms with van der Waals surface area (Å²) in [4.78, 5) is 0. The monoisotopic (exact) mass is 186 g/mol. The molecule has 0 heterocycles.